The Morgan fingerprint density at radius 1 is 1.08 bits per heavy atom. The molecule has 0 saturated carbocycles. The summed E-state index contributed by atoms with van der Waals surface area (Å²) < 4.78 is 26.3. The molecule has 0 aliphatic carbocycles. The van der Waals surface area contributed by atoms with Crippen LogP contribution in [-0.4, -0.2) is 26.4 Å². The molecule has 6 nitrogen and oxygen atoms in total. The van der Waals surface area contributed by atoms with E-state index in [2.05, 4.69) is 15.0 Å². The molecular weight excluding hydrogens is 326 g/mol. The molecule has 124 valence electrons. The van der Waals surface area contributed by atoms with Crippen molar-refractivity contribution >= 4 is 32.5 Å². The number of sulfonamides is 1. The number of para-hydroxylation sites is 1. The van der Waals surface area contributed by atoms with E-state index in [0.717, 1.165) is 10.9 Å². The highest BCUT2D eigenvalue weighted by Gasteiger charge is 2.16. The normalized spacial score (nSPS) is 11.6. The minimum Gasteiger partial charge on any atom is -0.351 e. The van der Waals surface area contributed by atoms with E-state index in [9.17, 15) is 13.2 Å². The molecule has 0 aliphatic rings. The van der Waals surface area contributed by atoms with Crippen molar-refractivity contribution in [2.45, 2.75) is 11.8 Å². The first-order valence-electron chi connectivity index (χ1n) is 7.34. The summed E-state index contributed by atoms with van der Waals surface area (Å²) in [5.41, 5.74) is 2.30. The van der Waals surface area contributed by atoms with Crippen molar-refractivity contribution in [2.75, 3.05) is 12.4 Å². The van der Waals surface area contributed by atoms with Crippen molar-refractivity contribution < 1.29 is 13.2 Å². The van der Waals surface area contributed by atoms with E-state index in [1.807, 2.05) is 24.3 Å². The van der Waals surface area contributed by atoms with Gasteiger partial charge in [-0.2, -0.15) is 0 Å². The quantitative estimate of drug-likeness (QED) is 0.680. The summed E-state index contributed by atoms with van der Waals surface area (Å²) in [6.45, 7) is 1.70. The fourth-order valence-corrected chi connectivity index (χ4v) is 3.47. The fraction of sp³-hybridized carbons (Fsp3) is 0.118. The van der Waals surface area contributed by atoms with Gasteiger partial charge in [-0.1, -0.05) is 24.3 Å². The molecular formula is C17H17N3O3S. The van der Waals surface area contributed by atoms with Crippen LogP contribution in [-0.2, 0) is 10.0 Å². The van der Waals surface area contributed by atoms with E-state index >= 15 is 0 Å². The molecule has 1 heterocycles. The summed E-state index contributed by atoms with van der Waals surface area (Å²) in [6.07, 6.45) is 0. The molecule has 3 N–H and O–H groups in total. The molecule has 3 aromatic rings. The van der Waals surface area contributed by atoms with Gasteiger partial charge in [0.1, 0.15) is 5.69 Å². The molecule has 3 rings (SSSR count). The number of hydrogen-bond donors (Lipinski definition) is 3. The van der Waals surface area contributed by atoms with Crippen molar-refractivity contribution in [3.05, 3.63) is 59.8 Å². The van der Waals surface area contributed by atoms with Crippen LogP contribution >= 0.6 is 0 Å². The van der Waals surface area contributed by atoms with Gasteiger partial charge in [0.05, 0.1) is 4.90 Å². The molecule has 0 radical (unpaired) electrons. The molecule has 24 heavy (non-hydrogen) atoms. The maximum atomic E-state index is 12.4. The number of nitrogens with one attached hydrogen (secondary N) is 3. The van der Waals surface area contributed by atoms with Gasteiger partial charge in [-0.15, -0.1) is 0 Å². The van der Waals surface area contributed by atoms with Gasteiger partial charge < -0.3 is 10.3 Å². The van der Waals surface area contributed by atoms with Crippen LogP contribution in [0.5, 0.6) is 0 Å². The van der Waals surface area contributed by atoms with Gasteiger partial charge in [0.25, 0.3) is 5.91 Å². The van der Waals surface area contributed by atoms with Crippen LogP contribution in [0.15, 0.2) is 53.4 Å². The summed E-state index contributed by atoms with van der Waals surface area (Å²) in [4.78, 5) is 15.6. The lowest BCUT2D eigenvalue weighted by Gasteiger charge is -2.10. The molecule has 0 atom stereocenters. The highest BCUT2D eigenvalue weighted by atomic mass is 32.2. The second-order valence-electron chi connectivity index (χ2n) is 5.41. The van der Waals surface area contributed by atoms with Crippen LogP contribution in [0.25, 0.3) is 10.9 Å². The van der Waals surface area contributed by atoms with Crippen LogP contribution in [0.2, 0.25) is 0 Å². The largest absolute Gasteiger partial charge is 0.351 e. The lowest BCUT2D eigenvalue weighted by atomic mass is 10.2. The lowest BCUT2D eigenvalue weighted by Crippen LogP contribution is -2.20. The molecule has 1 aromatic heterocycles. The van der Waals surface area contributed by atoms with Crippen LogP contribution in [0.3, 0.4) is 0 Å². The van der Waals surface area contributed by atoms with Gasteiger partial charge >= 0.3 is 0 Å². The number of aromatic nitrogens is 1. The highest BCUT2D eigenvalue weighted by molar-refractivity contribution is 7.89. The Balaban J connectivity index is 1.90. The fourth-order valence-electron chi connectivity index (χ4n) is 2.47. The first kappa shape index (κ1) is 16.2. The zero-order valence-electron chi connectivity index (χ0n) is 13.3. The van der Waals surface area contributed by atoms with Gasteiger partial charge in [0.2, 0.25) is 10.0 Å². The summed E-state index contributed by atoms with van der Waals surface area (Å²) in [6, 6.07) is 14.1. The third-order valence-corrected chi connectivity index (χ3v) is 5.34. The number of benzene rings is 2. The van der Waals surface area contributed by atoms with E-state index in [1.165, 1.54) is 13.1 Å². The number of H-pyrrole nitrogens is 1. The van der Waals surface area contributed by atoms with E-state index in [0.29, 0.717) is 16.9 Å². The number of rotatable bonds is 4. The second-order valence-corrected chi connectivity index (χ2v) is 7.27. The van der Waals surface area contributed by atoms with Gasteiger partial charge in [-0.25, -0.2) is 13.1 Å². The molecule has 0 saturated heterocycles. The zero-order valence-corrected chi connectivity index (χ0v) is 14.1. The number of anilines is 1. The van der Waals surface area contributed by atoms with Crippen LogP contribution < -0.4 is 10.0 Å². The third kappa shape index (κ3) is 3.04. The Bertz CT molecular complexity index is 989. The second kappa shape index (κ2) is 6.10. The number of hydrogen-bond acceptors (Lipinski definition) is 3. The number of fused-ring (bicyclic) bond motifs is 1. The number of aromatic amines is 1. The van der Waals surface area contributed by atoms with E-state index in [4.69, 9.17) is 0 Å². The van der Waals surface area contributed by atoms with Gasteiger partial charge in [0.15, 0.2) is 0 Å². The number of carbonyl (C=O) groups excluding carboxylic acids is 1. The van der Waals surface area contributed by atoms with Gasteiger partial charge in [0, 0.05) is 16.6 Å². The predicted octanol–water partition coefficient (Wildman–Crippen LogP) is 2.64. The van der Waals surface area contributed by atoms with Crippen molar-refractivity contribution in [1.29, 1.82) is 0 Å². The molecule has 7 heteroatoms. The standard InChI is InChI=1S/C17H17N3O3S/c1-11-7-8-13(10-16(11)24(22,23)18-2)19-17(21)15-9-12-5-3-4-6-14(12)20-15/h3-10,18,20H,1-2H3,(H,19,21). The summed E-state index contributed by atoms with van der Waals surface area (Å²) >= 11 is 0. The van der Waals surface area contributed by atoms with Gasteiger partial charge in [-0.05, 0) is 43.8 Å². The first-order valence-corrected chi connectivity index (χ1v) is 8.82. The average molecular weight is 343 g/mol. The summed E-state index contributed by atoms with van der Waals surface area (Å²) in [5, 5.41) is 3.66. The van der Waals surface area contributed by atoms with E-state index in [1.54, 1.807) is 25.1 Å². The predicted molar refractivity (Wildman–Crippen MR) is 93.7 cm³/mol. The maximum absolute atomic E-state index is 12.4. The molecule has 0 bridgehead atoms. The van der Waals surface area contributed by atoms with Crippen molar-refractivity contribution in [1.82, 2.24) is 9.71 Å². The molecule has 1 amide bonds. The van der Waals surface area contributed by atoms with Crippen LogP contribution in [0.4, 0.5) is 5.69 Å². The Labute approximate surface area is 139 Å². The van der Waals surface area contributed by atoms with Crippen molar-refractivity contribution in [2.24, 2.45) is 0 Å². The summed E-state index contributed by atoms with van der Waals surface area (Å²) in [5.74, 6) is -0.331. The number of amides is 1. The third-order valence-electron chi connectivity index (χ3n) is 3.78. The minimum absolute atomic E-state index is 0.138. The zero-order chi connectivity index (χ0) is 17.3. The Morgan fingerprint density at radius 3 is 2.54 bits per heavy atom. The molecule has 0 fully saturated rings. The average Bonchev–Trinajstić information content (AvgIpc) is 3.00. The molecule has 2 aromatic carbocycles. The SMILES string of the molecule is CNS(=O)(=O)c1cc(NC(=O)c2cc3ccccc3[nH]2)ccc1C. The maximum Gasteiger partial charge on any atom is 0.272 e. The lowest BCUT2D eigenvalue weighted by molar-refractivity contribution is 0.102. The van der Waals surface area contributed by atoms with E-state index in [-0.39, 0.29) is 10.8 Å². The first-order chi connectivity index (χ1) is 11.4. The number of carbonyl (C=O) groups is 1. The Hall–Kier alpha value is -2.64. The monoisotopic (exact) mass is 343 g/mol. The Kier molecular flexibility index (Phi) is 4.13. The molecule has 0 spiro atoms. The molecule has 0 unspecified atom stereocenters. The van der Waals surface area contributed by atoms with E-state index < -0.39 is 10.0 Å². The highest BCUT2D eigenvalue weighted by Crippen LogP contribution is 2.21. The minimum atomic E-state index is -3.58. The van der Waals surface area contributed by atoms with Crippen LogP contribution in [0.1, 0.15) is 16.1 Å². The number of aryl methyl sites for hydroxylation is 1. The molecule has 0 aliphatic heterocycles. The van der Waals surface area contributed by atoms with Crippen molar-refractivity contribution in [3.63, 3.8) is 0 Å². The van der Waals surface area contributed by atoms with Gasteiger partial charge in [-0.3, -0.25) is 4.79 Å². The smallest absolute Gasteiger partial charge is 0.272 e. The topological polar surface area (TPSA) is 91.1 Å². The Morgan fingerprint density at radius 2 is 1.83 bits per heavy atom. The summed E-state index contributed by atoms with van der Waals surface area (Å²) in [7, 11) is -2.23. The van der Waals surface area contributed by atoms with Crippen LogP contribution in [0, 0.1) is 6.92 Å². The van der Waals surface area contributed by atoms with Crippen molar-refractivity contribution in [3.8, 4) is 0 Å².